The maximum absolute atomic E-state index is 13.2. The molecule has 0 aliphatic rings. The second kappa shape index (κ2) is 9.42. The molecule has 5 heteroatoms. The number of halogens is 2. The Morgan fingerprint density at radius 3 is 2.53 bits per heavy atom. The quantitative estimate of drug-likeness (QED) is 0.648. The van der Waals surface area contributed by atoms with Gasteiger partial charge in [-0.2, -0.15) is 0 Å². The Morgan fingerprint density at radius 2 is 1.89 bits per heavy atom. The monoisotopic (exact) mass is 333 g/mol. The minimum absolute atomic E-state index is 0.230. The molecule has 0 fully saturated rings. The van der Waals surface area contributed by atoms with Gasteiger partial charge in [0.25, 0.3) is 0 Å². The molecule has 0 aliphatic carbocycles. The van der Waals surface area contributed by atoms with E-state index in [9.17, 15) is 4.39 Å². The van der Waals surface area contributed by atoms with Gasteiger partial charge in [-0.25, -0.2) is 4.39 Å². The third-order valence-corrected chi connectivity index (χ3v) is 3.43. The second-order valence-electron chi connectivity index (χ2n) is 4.36. The number of nitrogens with zero attached hydrogens (tertiary/aromatic N) is 1. The van der Waals surface area contributed by atoms with Crippen LogP contribution in [0.25, 0.3) is 0 Å². The first-order chi connectivity index (χ1) is 9.17. The molecule has 0 bridgehead atoms. The highest BCUT2D eigenvalue weighted by Gasteiger charge is 2.07. The molecular formula is C14H21BrFNO2. The van der Waals surface area contributed by atoms with E-state index in [1.807, 2.05) is 12.1 Å². The molecule has 0 amide bonds. The molecule has 0 N–H and O–H groups in total. The average molecular weight is 334 g/mol. The first-order valence-corrected chi connectivity index (χ1v) is 7.11. The van der Waals surface area contributed by atoms with Crippen LogP contribution in [0.15, 0.2) is 22.7 Å². The Hall–Kier alpha value is -0.490. The van der Waals surface area contributed by atoms with E-state index in [4.69, 9.17) is 9.47 Å². The first-order valence-electron chi connectivity index (χ1n) is 6.31. The molecule has 19 heavy (non-hydrogen) atoms. The van der Waals surface area contributed by atoms with Crippen molar-refractivity contribution in [3.8, 4) is 0 Å². The number of hydrogen-bond acceptors (Lipinski definition) is 3. The van der Waals surface area contributed by atoms with Crippen molar-refractivity contribution in [2.45, 2.75) is 13.0 Å². The Balaban J connectivity index is 2.56. The van der Waals surface area contributed by atoms with E-state index < -0.39 is 0 Å². The topological polar surface area (TPSA) is 21.7 Å². The normalized spacial score (nSPS) is 11.2. The summed E-state index contributed by atoms with van der Waals surface area (Å²) < 4.78 is 23.9. The summed E-state index contributed by atoms with van der Waals surface area (Å²) in [6, 6.07) is 5.13. The van der Waals surface area contributed by atoms with Crippen LogP contribution in [0, 0.1) is 5.82 Å². The van der Waals surface area contributed by atoms with Crippen molar-refractivity contribution < 1.29 is 13.9 Å². The van der Waals surface area contributed by atoms with Crippen molar-refractivity contribution in [1.29, 1.82) is 0 Å². The lowest BCUT2D eigenvalue weighted by molar-refractivity contribution is 0.129. The van der Waals surface area contributed by atoms with Crippen LogP contribution in [0.5, 0.6) is 0 Å². The molecular weight excluding hydrogens is 313 g/mol. The Labute approximate surface area is 122 Å². The van der Waals surface area contributed by atoms with Crippen LogP contribution >= 0.6 is 15.9 Å². The third-order valence-electron chi connectivity index (χ3n) is 2.82. The molecule has 0 saturated heterocycles. The Morgan fingerprint density at radius 1 is 1.16 bits per heavy atom. The van der Waals surface area contributed by atoms with Crippen molar-refractivity contribution in [3.63, 3.8) is 0 Å². The number of methoxy groups -OCH3 is 2. The van der Waals surface area contributed by atoms with Crippen LogP contribution in [-0.2, 0) is 16.0 Å². The SMILES string of the molecule is COCCCN(CCOC)Cc1ccc(F)c(Br)c1. The fourth-order valence-corrected chi connectivity index (χ4v) is 2.25. The third kappa shape index (κ3) is 6.47. The highest BCUT2D eigenvalue weighted by atomic mass is 79.9. The van der Waals surface area contributed by atoms with E-state index in [0.717, 1.165) is 38.2 Å². The smallest absolute Gasteiger partial charge is 0.137 e. The van der Waals surface area contributed by atoms with E-state index in [0.29, 0.717) is 11.1 Å². The number of ether oxygens (including phenoxy) is 2. The van der Waals surface area contributed by atoms with Gasteiger partial charge in [-0.3, -0.25) is 4.90 Å². The molecule has 1 aromatic carbocycles. The van der Waals surface area contributed by atoms with Gasteiger partial charge in [0.15, 0.2) is 0 Å². The van der Waals surface area contributed by atoms with Gasteiger partial charge in [0, 0.05) is 40.5 Å². The standard InChI is InChI=1S/C14H21BrFNO2/c1-18-8-3-6-17(7-9-19-2)11-12-4-5-14(16)13(15)10-12/h4-5,10H,3,6-9,11H2,1-2H3. The van der Waals surface area contributed by atoms with Crippen molar-refractivity contribution >= 4 is 15.9 Å². The van der Waals surface area contributed by atoms with E-state index >= 15 is 0 Å². The van der Waals surface area contributed by atoms with Crippen LogP contribution in [0.2, 0.25) is 0 Å². The van der Waals surface area contributed by atoms with Gasteiger partial charge in [-0.15, -0.1) is 0 Å². The van der Waals surface area contributed by atoms with Gasteiger partial charge < -0.3 is 9.47 Å². The molecule has 108 valence electrons. The Bertz CT molecular complexity index is 376. The maximum Gasteiger partial charge on any atom is 0.137 e. The van der Waals surface area contributed by atoms with Crippen LogP contribution in [0.1, 0.15) is 12.0 Å². The highest BCUT2D eigenvalue weighted by molar-refractivity contribution is 9.10. The first kappa shape index (κ1) is 16.6. The van der Waals surface area contributed by atoms with E-state index in [1.165, 1.54) is 6.07 Å². The molecule has 0 heterocycles. The summed E-state index contributed by atoms with van der Waals surface area (Å²) in [4.78, 5) is 2.28. The fraction of sp³-hybridized carbons (Fsp3) is 0.571. The number of benzene rings is 1. The largest absolute Gasteiger partial charge is 0.385 e. The summed E-state index contributed by atoms with van der Waals surface area (Å²) in [6.07, 6.45) is 0.975. The Kier molecular flexibility index (Phi) is 8.21. The van der Waals surface area contributed by atoms with Crippen molar-refractivity contribution in [2.24, 2.45) is 0 Å². The molecule has 3 nitrogen and oxygen atoms in total. The molecule has 0 atom stereocenters. The molecule has 0 saturated carbocycles. The number of rotatable bonds is 9. The predicted octanol–water partition coefficient (Wildman–Crippen LogP) is 3.07. The van der Waals surface area contributed by atoms with Crippen molar-refractivity contribution in [1.82, 2.24) is 4.90 Å². The lowest BCUT2D eigenvalue weighted by Gasteiger charge is -2.22. The molecule has 1 aromatic rings. The summed E-state index contributed by atoms with van der Waals surface area (Å²) in [5.41, 5.74) is 1.08. The highest BCUT2D eigenvalue weighted by Crippen LogP contribution is 2.18. The lowest BCUT2D eigenvalue weighted by Crippen LogP contribution is -2.28. The summed E-state index contributed by atoms with van der Waals surface area (Å²) in [6.45, 7) is 4.01. The number of hydrogen-bond donors (Lipinski definition) is 0. The molecule has 1 rings (SSSR count). The summed E-state index contributed by atoms with van der Waals surface area (Å²) in [5, 5.41) is 0. The van der Waals surface area contributed by atoms with Crippen LogP contribution in [-0.4, -0.2) is 45.4 Å². The average Bonchev–Trinajstić information content (AvgIpc) is 2.40. The van der Waals surface area contributed by atoms with Crippen molar-refractivity contribution in [3.05, 3.63) is 34.1 Å². The molecule has 0 spiro atoms. The van der Waals surface area contributed by atoms with E-state index in [2.05, 4.69) is 20.8 Å². The molecule has 0 unspecified atom stereocenters. The summed E-state index contributed by atoms with van der Waals surface area (Å²) in [5.74, 6) is -0.230. The molecule has 0 radical (unpaired) electrons. The van der Waals surface area contributed by atoms with E-state index in [-0.39, 0.29) is 5.82 Å². The van der Waals surface area contributed by atoms with Gasteiger partial charge in [-0.1, -0.05) is 6.07 Å². The lowest BCUT2D eigenvalue weighted by atomic mass is 10.2. The van der Waals surface area contributed by atoms with E-state index in [1.54, 1.807) is 14.2 Å². The molecule has 0 aliphatic heterocycles. The summed E-state index contributed by atoms with van der Waals surface area (Å²) in [7, 11) is 3.40. The molecule has 0 aromatic heterocycles. The van der Waals surface area contributed by atoms with Crippen molar-refractivity contribution in [2.75, 3.05) is 40.5 Å². The van der Waals surface area contributed by atoms with Crippen LogP contribution < -0.4 is 0 Å². The predicted molar refractivity (Wildman–Crippen MR) is 77.7 cm³/mol. The van der Waals surface area contributed by atoms with Gasteiger partial charge in [-0.05, 0) is 40.0 Å². The maximum atomic E-state index is 13.2. The van der Waals surface area contributed by atoms with Gasteiger partial charge >= 0.3 is 0 Å². The fourth-order valence-electron chi connectivity index (χ4n) is 1.82. The zero-order valence-corrected chi connectivity index (χ0v) is 13.1. The minimum Gasteiger partial charge on any atom is -0.385 e. The van der Waals surface area contributed by atoms with Gasteiger partial charge in [0.1, 0.15) is 5.82 Å². The van der Waals surface area contributed by atoms with Crippen LogP contribution in [0.4, 0.5) is 4.39 Å². The zero-order chi connectivity index (χ0) is 14.1. The van der Waals surface area contributed by atoms with Crippen LogP contribution in [0.3, 0.4) is 0 Å². The van der Waals surface area contributed by atoms with Gasteiger partial charge in [0.05, 0.1) is 11.1 Å². The summed E-state index contributed by atoms with van der Waals surface area (Å²) >= 11 is 3.21. The minimum atomic E-state index is -0.230. The van der Waals surface area contributed by atoms with Gasteiger partial charge in [0.2, 0.25) is 0 Å². The zero-order valence-electron chi connectivity index (χ0n) is 11.5. The second-order valence-corrected chi connectivity index (χ2v) is 5.22.